The first-order valence-electron chi connectivity index (χ1n) is 23.6. The summed E-state index contributed by atoms with van der Waals surface area (Å²) in [6, 6.07) is 0.398. The Morgan fingerprint density at radius 3 is 1.84 bits per heavy atom. The fraction of sp³-hybridized carbons (Fsp3) is 0.894. The Morgan fingerprint density at radius 1 is 0.667 bits per heavy atom. The standard InChI is InChI=1S/C47H91N3O5S2/c1-8-11-14-17-20-23-27-32-44(31-26-22-19-16-13-10-3)55-46(52)34-36-50(47(53)56-39-37-49(7)40-43(48-6)41-57-42(4)5)35-29-25-28-33-45(51)54-38-30-24-21-18-15-12-9-2/h24,30,42-44,48H,8-23,25-29,31-41H2,1-7H3/b30-24-. The summed E-state index contributed by atoms with van der Waals surface area (Å²) in [7, 11) is 4.14. The number of unbranched alkanes of at least 4 members (excludes halogenated alkanes) is 17. The molecule has 0 saturated heterocycles. The van der Waals surface area contributed by atoms with Crippen LogP contribution in [0, 0.1) is 0 Å². The topological polar surface area (TPSA) is 88.2 Å². The van der Waals surface area contributed by atoms with E-state index in [1.54, 1.807) is 0 Å². The van der Waals surface area contributed by atoms with Crippen LogP contribution in [-0.2, 0) is 19.1 Å². The number of hydrogen-bond donors (Lipinski definition) is 1. The number of allylic oxidation sites excluding steroid dienone is 1. The maximum absolute atomic E-state index is 13.6. The van der Waals surface area contributed by atoms with Gasteiger partial charge in [0.25, 0.3) is 5.24 Å². The molecule has 8 nitrogen and oxygen atoms in total. The lowest BCUT2D eigenvalue weighted by Crippen LogP contribution is -2.40. The van der Waals surface area contributed by atoms with Crippen molar-refractivity contribution in [3.8, 4) is 0 Å². The van der Waals surface area contributed by atoms with E-state index < -0.39 is 0 Å². The van der Waals surface area contributed by atoms with E-state index >= 15 is 0 Å². The molecule has 0 spiro atoms. The van der Waals surface area contributed by atoms with Gasteiger partial charge in [0.1, 0.15) is 12.7 Å². The van der Waals surface area contributed by atoms with Gasteiger partial charge in [0.05, 0.1) is 6.42 Å². The molecule has 336 valence electrons. The summed E-state index contributed by atoms with van der Waals surface area (Å²) in [5, 5.41) is 4.05. The molecule has 0 heterocycles. The molecule has 0 aliphatic heterocycles. The van der Waals surface area contributed by atoms with Crippen LogP contribution >= 0.6 is 23.5 Å². The summed E-state index contributed by atoms with van der Waals surface area (Å²) in [4.78, 5) is 43.3. The van der Waals surface area contributed by atoms with Crippen molar-refractivity contribution < 1.29 is 23.9 Å². The number of amides is 1. The lowest BCUT2D eigenvalue weighted by molar-refractivity contribution is -0.150. The number of esters is 2. The van der Waals surface area contributed by atoms with Gasteiger partial charge in [-0.2, -0.15) is 11.8 Å². The van der Waals surface area contributed by atoms with Gasteiger partial charge in [-0.1, -0.05) is 155 Å². The van der Waals surface area contributed by atoms with Gasteiger partial charge in [0, 0.05) is 50.1 Å². The highest BCUT2D eigenvalue weighted by molar-refractivity contribution is 8.13. The van der Waals surface area contributed by atoms with Crippen molar-refractivity contribution >= 4 is 40.7 Å². The number of nitrogens with zero attached hydrogens (tertiary/aromatic N) is 2. The molecule has 0 fully saturated rings. The van der Waals surface area contributed by atoms with Crippen molar-refractivity contribution in [2.24, 2.45) is 0 Å². The van der Waals surface area contributed by atoms with Crippen molar-refractivity contribution in [3.05, 3.63) is 12.2 Å². The van der Waals surface area contributed by atoms with E-state index in [1.165, 1.54) is 108 Å². The number of nitrogens with one attached hydrogen (secondary N) is 1. The molecule has 0 aromatic rings. The van der Waals surface area contributed by atoms with E-state index in [0.717, 1.165) is 70.2 Å². The molecule has 0 radical (unpaired) electrons. The van der Waals surface area contributed by atoms with Crippen LogP contribution in [0.3, 0.4) is 0 Å². The minimum Gasteiger partial charge on any atom is -0.462 e. The third-order valence-electron chi connectivity index (χ3n) is 10.5. The molecule has 2 unspecified atom stereocenters. The van der Waals surface area contributed by atoms with Gasteiger partial charge >= 0.3 is 11.9 Å². The van der Waals surface area contributed by atoms with Crippen molar-refractivity contribution in [3.63, 3.8) is 0 Å². The van der Waals surface area contributed by atoms with Crippen LogP contribution in [0.25, 0.3) is 0 Å². The summed E-state index contributed by atoms with van der Waals surface area (Å²) in [5.74, 6) is 1.39. The Kier molecular flexibility index (Phi) is 40.6. The van der Waals surface area contributed by atoms with Crippen LogP contribution < -0.4 is 5.32 Å². The zero-order valence-electron chi connectivity index (χ0n) is 38.3. The SMILES string of the molecule is CCCCCC/C=C\COC(=O)CCCCCN(CCC(=O)OC(CCCCCCCC)CCCCCCCCC)C(=O)SCCN(C)CC(CSC(C)C)NC. The third kappa shape index (κ3) is 37.5. The van der Waals surface area contributed by atoms with Crippen LogP contribution in [0.4, 0.5) is 4.79 Å². The summed E-state index contributed by atoms with van der Waals surface area (Å²) in [6.45, 7) is 14.2. The Labute approximate surface area is 361 Å². The highest BCUT2D eigenvalue weighted by Gasteiger charge is 2.20. The third-order valence-corrected chi connectivity index (χ3v) is 12.6. The molecule has 0 saturated carbocycles. The lowest BCUT2D eigenvalue weighted by atomic mass is 10.0. The number of carbonyl (C=O) groups excluding carboxylic acids is 3. The molecule has 57 heavy (non-hydrogen) atoms. The highest BCUT2D eigenvalue weighted by Crippen LogP contribution is 2.19. The zero-order valence-corrected chi connectivity index (χ0v) is 39.9. The molecular weight excluding hydrogens is 751 g/mol. The van der Waals surface area contributed by atoms with Gasteiger partial charge in [-0.15, -0.1) is 0 Å². The Bertz CT molecular complexity index is 969. The Hall–Kier alpha value is -1.23. The minimum atomic E-state index is -0.188. The number of hydrogen-bond acceptors (Lipinski definition) is 9. The average molecular weight is 842 g/mol. The first-order valence-corrected chi connectivity index (χ1v) is 25.6. The van der Waals surface area contributed by atoms with Crippen LogP contribution in [0.5, 0.6) is 0 Å². The number of ether oxygens (including phenoxy) is 2. The second-order valence-electron chi connectivity index (χ2n) is 16.4. The van der Waals surface area contributed by atoms with Crippen LogP contribution in [0.15, 0.2) is 12.2 Å². The van der Waals surface area contributed by atoms with Crippen LogP contribution in [0.2, 0.25) is 0 Å². The summed E-state index contributed by atoms with van der Waals surface area (Å²) < 4.78 is 11.5. The van der Waals surface area contributed by atoms with E-state index in [9.17, 15) is 14.4 Å². The van der Waals surface area contributed by atoms with E-state index in [-0.39, 0.29) is 29.7 Å². The molecular formula is C47H91N3O5S2. The van der Waals surface area contributed by atoms with Gasteiger partial charge < -0.3 is 24.6 Å². The molecule has 0 bridgehead atoms. The maximum Gasteiger partial charge on any atom is 0.307 e. The Morgan fingerprint density at radius 2 is 1.25 bits per heavy atom. The van der Waals surface area contributed by atoms with Gasteiger partial charge in [-0.25, -0.2) is 0 Å². The van der Waals surface area contributed by atoms with E-state index in [0.29, 0.717) is 43.2 Å². The van der Waals surface area contributed by atoms with E-state index in [1.807, 2.05) is 29.8 Å². The van der Waals surface area contributed by atoms with Crippen molar-refractivity contribution in [2.45, 2.75) is 213 Å². The Balaban J connectivity index is 5.12. The van der Waals surface area contributed by atoms with E-state index in [2.05, 4.69) is 58.0 Å². The number of thioether (sulfide) groups is 2. The minimum absolute atomic E-state index is 0.0179. The molecule has 0 aromatic carbocycles. The molecule has 0 aliphatic rings. The molecule has 1 N–H and O–H groups in total. The number of carbonyl (C=O) groups is 3. The number of rotatable bonds is 41. The molecule has 1 amide bonds. The molecule has 0 aromatic heterocycles. The fourth-order valence-electron chi connectivity index (χ4n) is 6.73. The zero-order chi connectivity index (χ0) is 42.2. The first kappa shape index (κ1) is 55.8. The quantitative estimate of drug-likeness (QED) is 0.0367. The number of likely N-dealkylation sites (N-methyl/N-ethyl adjacent to an activating group) is 2. The summed E-state index contributed by atoms with van der Waals surface area (Å²) in [5.41, 5.74) is 0. The van der Waals surface area contributed by atoms with Gasteiger partial charge in [-0.05, 0) is 70.7 Å². The average Bonchev–Trinajstić information content (AvgIpc) is 3.19. The second-order valence-corrected chi connectivity index (χ2v) is 19.0. The highest BCUT2D eigenvalue weighted by atomic mass is 32.2. The van der Waals surface area contributed by atoms with Gasteiger partial charge in [-0.3, -0.25) is 14.4 Å². The van der Waals surface area contributed by atoms with Crippen molar-refractivity contribution in [1.29, 1.82) is 0 Å². The lowest BCUT2D eigenvalue weighted by Gasteiger charge is -2.25. The van der Waals surface area contributed by atoms with Crippen molar-refractivity contribution in [2.75, 3.05) is 58.4 Å². The maximum atomic E-state index is 13.6. The molecule has 0 aliphatic carbocycles. The first-order chi connectivity index (χ1) is 27.7. The van der Waals surface area contributed by atoms with Gasteiger partial charge in [0.15, 0.2) is 0 Å². The monoisotopic (exact) mass is 842 g/mol. The van der Waals surface area contributed by atoms with Crippen molar-refractivity contribution in [1.82, 2.24) is 15.1 Å². The predicted octanol–water partition coefficient (Wildman–Crippen LogP) is 12.6. The van der Waals surface area contributed by atoms with E-state index in [4.69, 9.17) is 9.47 Å². The molecule has 2 atom stereocenters. The van der Waals surface area contributed by atoms with Crippen LogP contribution in [-0.4, -0.2) is 103 Å². The van der Waals surface area contributed by atoms with Gasteiger partial charge in [0.2, 0.25) is 0 Å². The smallest absolute Gasteiger partial charge is 0.307 e. The summed E-state index contributed by atoms with van der Waals surface area (Å²) in [6.07, 6.45) is 30.9. The largest absolute Gasteiger partial charge is 0.462 e. The second kappa shape index (κ2) is 41.5. The normalized spacial score (nSPS) is 12.8. The molecule has 10 heteroatoms. The fourth-order valence-corrected chi connectivity index (χ4v) is 8.56. The summed E-state index contributed by atoms with van der Waals surface area (Å²) >= 11 is 3.31. The predicted molar refractivity (Wildman–Crippen MR) is 250 cm³/mol. The van der Waals surface area contributed by atoms with Crippen LogP contribution in [0.1, 0.15) is 195 Å². The molecule has 0 rings (SSSR count).